The molecule has 2 aromatic rings. The third kappa shape index (κ3) is 5.34. The predicted molar refractivity (Wildman–Crippen MR) is 114 cm³/mol. The van der Waals surface area contributed by atoms with Crippen LogP contribution >= 0.6 is 35.6 Å². The minimum atomic E-state index is 0. The Hall–Kier alpha value is -1.28. The Balaban J connectivity index is 0.00000225. The molecule has 0 aliphatic carbocycles. The Kier molecular flexibility index (Phi) is 7.56. The topological polar surface area (TPSA) is 59.4 Å². The first-order valence-corrected chi connectivity index (χ1v) is 8.80. The zero-order valence-corrected chi connectivity index (χ0v) is 17.5. The van der Waals surface area contributed by atoms with Crippen molar-refractivity contribution in [2.45, 2.75) is 25.8 Å². The fraction of sp³-hybridized carbons (Fsp3) is 0.444. The van der Waals surface area contributed by atoms with Crippen LogP contribution in [0.3, 0.4) is 0 Å². The maximum Gasteiger partial charge on any atom is 0.191 e. The van der Waals surface area contributed by atoms with E-state index in [2.05, 4.69) is 21.9 Å². The van der Waals surface area contributed by atoms with E-state index in [0.717, 1.165) is 23.7 Å². The van der Waals surface area contributed by atoms with E-state index in [1.165, 1.54) is 12.8 Å². The number of likely N-dealkylation sites (tertiary alicyclic amines) is 1. The Labute approximate surface area is 171 Å². The molecule has 2 atom stereocenters. The number of hydrogen-bond donors (Lipinski definition) is 1. The van der Waals surface area contributed by atoms with Crippen molar-refractivity contribution in [3.05, 3.63) is 53.3 Å². The number of piperidine rings is 1. The fourth-order valence-corrected chi connectivity index (χ4v) is 3.30. The fourth-order valence-electron chi connectivity index (χ4n) is 3.17. The Morgan fingerprint density at radius 1 is 1.40 bits per heavy atom. The number of hydrogen-bond acceptors (Lipinski definition) is 2. The summed E-state index contributed by atoms with van der Waals surface area (Å²) in [5.74, 6) is 1.30. The summed E-state index contributed by atoms with van der Waals surface area (Å²) in [4.78, 5) is 6.85. The predicted octanol–water partition coefficient (Wildman–Crippen LogP) is 3.79. The van der Waals surface area contributed by atoms with Crippen molar-refractivity contribution in [1.82, 2.24) is 14.7 Å². The Morgan fingerprint density at radius 3 is 2.80 bits per heavy atom. The maximum absolute atomic E-state index is 6.24. The van der Waals surface area contributed by atoms with E-state index in [4.69, 9.17) is 17.3 Å². The van der Waals surface area contributed by atoms with Gasteiger partial charge in [-0.3, -0.25) is 9.67 Å². The van der Waals surface area contributed by atoms with E-state index in [-0.39, 0.29) is 30.0 Å². The summed E-state index contributed by atoms with van der Waals surface area (Å²) in [6.07, 6.45) is 6.18. The van der Waals surface area contributed by atoms with Crippen molar-refractivity contribution in [2.24, 2.45) is 16.6 Å². The van der Waals surface area contributed by atoms with Crippen LogP contribution in [0.5, 0.6) is 0 Å². The van der Waals surface area contributed by atoms with Gasteiger partial charge in [0.2, 0.25) is 0 Å². The maximum atomic E-state index is 6.24. The van der Waals surface area contributed by atoms with Crippen molar-refractivity contribution in [1.29, 1.82) is 0 Å². The van der Waals surface area contributed by atoms with Gasteiger partial charge in [-0.1, -0.05) is 30.7 Å². The summed E-state index contributed by atoms with van der Waals surface area (Å²) in [6.45, 7) is 4.80. The highest BCUT2D eigenvalue weighted by atomic mass is 127. The highest BCUT2D eigenvalue weighted by Gasteiger charge is 2.19. The number of nitrogens with two attached hydrogens (primary N) is 1. The van der Waals surface area contributed by atoms with Crippen LogP contribution in [0.2, 0.25) is 5.02 Å². The van der Waals surface area contributed by atoms with E-state index >= 15 is 0 Å². The zero-order valence-electron chi connectivity index (χ0n) is 14.4. The first kappa shape index (κ1) is 20.0. The van der Waals surface area contributed by atoms with E-state index in [0.29, 0.717) is 18.4 Å². The minimum Gasteiger partial charge on any atom is -0.370 e. The summed E-state index contributed by atoms with van der Waals surface area (Å²) < 4.78 is 1.92. The van der Waals surface area contributed by atoms with Gasteiger partial charge in [0, 0.05) is 30.5 Å². The molecule has 1 saturated heterocycles. The zero-order chi connectivity index (χ0) is 16.9. The Morgan fingerprint density at radius 2 is 2.16 bits per heavy atom. The monoisotopic (exact) mass is 473 g/mol. The Bertz CT molecular complexity index is 671. The molecular formula is C18H25ClIN5. The second-order valence-electron chi connectivity index (χ2n) is 6.45. The summed E-state index contributed by atoms with van der Waals surface area (Å²) in [5, 5.41) is 5.10. The van der Waals surface area contributed by atoms with Gasteiger partial charge in [0.15, 0.2) is 5.96 Å². The lowest BCUT2D eigenvalue weighted by Gasteiger charge is -2.31. The molecule has 5 nitrogen and oxygen atoms in total. The molecule has 1 aliphatic heterocycles. The highest BCUT2D eigenvalue weighted by molar-refractivity contribution is 14.0. The number of aliphatic imine (C=N–C) groups is 1. The second kappa shape index (κ2) is 9.43. The van der Waals surface area contributed by atoms with E-state index < -0.39 is 0 Å². The first-order chi connectivity index (χ1) is 11.6. The molecule has 2 heterocycles. The van der Waals surface area contributed by atoms with Gasteiger partial charge in [-0.2, -0.15) is 5.10 Å². The smallest absolute Gasteiger partial charge is 0.191 e. The molecule has 2 N–H and O–H groups in total. The van der Waals surface area contributed by atoms with Crippen molar-refractivity contribution in [3.63, 3.8) is 0 Å². The van der Waals surface area contributed by atoms with Crippen molar-refractivity contribution >= 4 is 41.5 Å². The van der Waals surface area contributed by atoms with E-state index in [1.54, 1.807) is 6.20 Å². The third-order valence-electron chi connectivity index (χ3n) is 4.51. The minimum absolute atomic E-state index is 0. The van der Waals surface area contributed by atoms with Crippen molar-refractivity contribution < 1.29 is 0 Å². The van der Waals surface area contributed by atoms with Crippen molar-refractivity contribution in [2.75, 3.05) is 19.6 Å². The molecular weight excluding hydrogens is 449 g/mol. The van der Waals surface area contributed by atoms with Crippen LogP contribution in [0.25, 0.3) is 0 Å². The summed E-state index contributed by atoms with van der Waals surface area (Å²) in [7, 11) is 0. The molecule has 25 heavy (non-hydrogen) atoms. The second-order valence-corrected chi connectivity index (χ2v) is 6.88. The molecule has 0 saturated carbocycles. The van der Waals surface area contributed by atoms with E-state index in [1.807, 2.05) is 41.2 Å². The highest BCUT2D eigenvalue weighted by Crippen LogP contribution is 2.21. The van der Waals surface area contributed by atoms with Gasteiger partial charge in [0.1, 0.15) is 0 Å². The lowest BCUT2D eigenvalue weighted by molar-refractivity contribution is 0.270. The van der Waals surface area contributed by atoms with Crippen LogP contribution in [-0.2, 0) is 0 Å². The van der Waals surface area contributed by atoms with Gasteiger partial charge in [-0.15, -0.1) is 24.0 Å². The molecule has 1 aromatic heterocycles. The largest absolute Gasteiger partial charge is 0.370 e. The molecule has 0 spiro atoms. The lowest BCUT2D eigenvalue weighted by atomic mass is 10.0. The quantitative estimate of drug-likeness (QED) is 0.417. The van der Waals surface area contributed by atoms with Crippen LogP contribution in [0.4, 0.5) is 0 Å². The van der Waals surface area contributed by atoms with Gasteiger partial charge in [0.25, 0.3) is 0 Å². The molecule has 1 aliphatic rings. The van der Waals surface area contributed by atoms with Crippen molar-refractivity contribution in [3.8, 4) is 0 Å². The summed E-state index contributed by atoms with van der Waals surface area (Å²) >= 11 is 6.01. The van der Waals surface area contributed by atoms with Crippen LogP contribution in [-0.4, -0.2) is 40.3 Å². The summed E-state index contributed by atoms with van der Waals surface area (Å²) in [6, 6.07) is 9.76. The van der Waals surface area contributed by atoms with Gasteiger partial charge in [0.05, 0.1) is 12.6 Å². The molecule has 0 amide bonds. The lowest BCUT2D eigenvalue weighted by Crippen LogP contribution is -2.43. The van der Waals surface area contributed by atoms with Crippen LogP contribution in [0, 0.1) is 5.92 Å². The molecule has 3 rings (SSSR count). The standard InChI is InChI=1S/C18H24ClN5.HI/c1-14-4-2-10-23(13-14)18(20)21-12-17(24-11-3-9-22-24)15-5-7-16(19)8-6-15;/h3,5-9,11,14,17H,2,4,10,12-13H2,1H3,(H2,20,21);1H. The van der Waals surface area contributed by atoms with Crippen LogP contribution < -0.4 is 5.73 Å². The molecule has 136 valence electrons. The van der Waals surface area contributed by atoms with Crippen LogP contribution in [0.15, 0.2) is 47.7 Å². The van der Waals surface area contributed by atoms with Gasteiger partial charge in [-0.05, 0) is 42.5 Å². The van der Waals surface area contributed by atoms with E-state index in [9.17, 15) is 0 Å². The SMILES string of the molecule is CC1CCCN(C(N)=NCC(c2ccc(Cl)cc2)n2cccn2)C1.I. The number of halogens is 2. The average Bonchev–Trinajstić information content (AvgIpc) is 3.11. The normalized spacial score (nSPS) is 19.4. The number of nitrogens with zero attached hydrogens (tertiary/aromatic N) is 4. The van der Waals surface area contributed by atoms with Crippen LogP contribution in [0.1, 0.15) is 31.4 Å². The number of rotatable bonds is 4. The molecule has 0 bridgehead atoms. The number of aromatic nitrogens is 2. The molecule has 2 unspecified atom stereocenters. The third-order valence-corrected chi connectivity index (χ3v) is 4.76. The molecule has 0 radical (unpaired) electrons. The first-order valence-electron chi connectivity index (χ1n) is 8.43. The summed E-state index contributed by atoms with van der Waals surface area (Å²) in [5.41, 5.74) is 7.36. The van der Waals surface area contributed by atoms with Gasteiger partial charge >= 0.3 is 0 Å². The average molecular weight is 474 g/mol. The number of benzene rings is 1. The van der Waals surface area contributed by atoms with Gasteiger partial charge < -0.3 is 10.6 Å². The molecule has 1 fully saturated rings. The molecule has 1 aromatic carbocycles. The van der Waals surface area contributed by atoms with Gasteiger partial charge in [-0.25, -0.2) is 0 Å². The number of guanidine groups is 1. The molecule has 7 heteroatoms.